The molecule has 44 heavy (non-hydrogen) atoms. The summed E-state index contributed by atoms with van der Waals surface area (Å²) in [5, 5.41) is 0. The van der Waals surface area contributed by atoms with Crippen molar-refractivity contribution >= 4 is 18.3 Å². The van der Waals surface area contributed by atoms with Gasteiger partial charge in [0.05, 0.1) is 12.0 Å². The molecule has 3 aliphatic heterocycles. The number of fused-ring (bicyclic) bond motifs is 2. The van der Waals surface area contributed by atoms with Crippen LogP contribution in [0.1, 0.15) is 78.9 Å². The molecule has 6 rings (SSSR count). The topological polar surface area (TPSA) is 115 Å². The summed E-state index contributed by atoms with van der Waals surface area (Å²) in [6, 6.07) is 10.2. The maximum Gasteiger partial charge on any atom is 1.00 e. The van der Waals surface area contributed by atoms with Crippen molar-refractivity contribution in [2.24, 2.45) is 5.92 Å². The van der Waals surface area contributed by atoms with E-state index in [0.717, 1.165) is 49.9 Å². The summed E-state index contributed by atoms with van der Waals surface area (Å²) in [7, 11) is 0. The average Bonchev–Trinajstić information content (AvgIpc) is 3.66. The molecule has 1 saturated heterocycles. The summed E-state index contributed by atoms with van der Waals surface area (Å²) in [6.45, 7) is 7.84. The van der Waals surface area contributed by atoms with Crippen LogP contribution in [-0.4, -0.2) is 61.8 Å². The van der Waals surface area contributed by atoms with Gasteiger partial charge in [0, 0.05) is 43.0 Å². The molecule has 228 valence electrons. The van der Waals surface area contributed by atoms with Gasteiger partial charge in [-0.2, -0.15) is 0 Å². The third-order valence-corrected chi connectivity index (χ3v) is 8.57. The Hall–Kier alpha value is -3.45. The zero-order valence-electron chi connectivity index (χ0n) is 25.8. The maximum atomic E-state index is 15.3. The van der Waals surface area contributed by atoms with Crippen molar-refractivity contribution in [1.29, 1.82) is 0 Å². The minimum atomic E-state index is -0.961. The molecular weight excluding hydrogens is 558 g/mol. The molecule has 0 saturated carbocycles. The van der Waals surface area contributed by atoms with Gasteiger partial charge < -0.3 is 29.4 Å². The number of hydrogen-bond acceptors (Lipinski definition) is 6. The molecule has 9 nitrogen and oxygen atoms in total. The Labute approximate surface area is 269 Å². The maximum absolute atomic E-state index is 15.3. The van der Waals surface area contributed by atoms with Gasteiger partial charge in [0.25, 0.3) is 5.91 Å². The molecule has 3 aliphatic rings. The zero-order valence-corrected chi connectivity index (χ0v) is 25.8. The van der Waals surface area contributed by atoms with Crippen LogP contribution in [0.5, 0.6) is 0 Å². The third-order valence-electron chi connectivity index (χ3n) is 8.57. The molecule has 0 aliphatic carbocycles. The Bertz CT molecular complexity index is 1530. The van der Waals surface area contributed by atoms with Crippen molar-refractivity contribution < 1.29 is 47.8 Å². The van der Waals surface area contributed by atoms with Gasteiger partial charge in [-0.1, -0.05) is 24.3 Å². The van der Waals surface area contributed by atoms with Crippen LogP contribution in [0.4, 0.5) is 9.18 Å². The number of aryl methyl sites for hydroxylation is 1. The van der Waals surface area contributed by atoms with E-state index in [9.17, 15) is 14.4 Å². The summed E-state index contributed by atoms with van der Waals surface area (Å²) in [4.78, 5) is 45.4. The smallest absolute Gasteiger partial charge is 0.870 e. The number of hydrogen-bond donors (Lipinski definition) is 0. The summed E-state index contributed by atoms with van der Waals surface area (Å²) < 4.78 is 22.8. The van der Waals surface area contributed by atoms with Gasteiger partial charge in [-0.15, -0.1) is 0 Å². The molecule has 1 atom stereocenters. The third kappa shape index (κ3) is 6.63. The first-order valence-corrected chi connectivity index (χ1v) is 14.7. The molecule has 0 bridgehead atoms. The van der Waals surface area contributed by atoms with Crippen LogP contribution in [0.15, 0.2) is 42.7 Å². The molecule has 0 radical (unpaired) electrons. The van der Waals surface area contributed by atoms with Crippen molar-refractivity contribution in [2.45, 2.75) is 77.6 Å². The first-order valence-electron chi connectivity index (χ1n) is 14.7. The van der Waals surface area contributed by atoms with Crippen molar-refractivity contribution in [3.05, 3.63) is 76.6 Å². The number of ether oxygens (including phenoxy) is 1. The van der Waals surface area contributed by atoms with Crippen LogP contribution in [0.3, 0.4) is 0 Å². The van der Waals surface area contributed by atoms with E-state index in [1.165, 1.54) is 16.5 Å². The fourth-order valence-electron chi connectivity index (χ4n) is 6.37. The molecule has 2 amide bonds. The Balaban J connectivity index is 0.00000221. The van der Waals surface area contributed by atoms with Gasteiger partial charge in [0.1, 0.15) is 11.4 Å². The molecule has 4 heterocycles. The number of carbonyl (C=O) groups excluding carboxylic acids is 3. The Morgan fingerprint density at radius 3 is 2.48 bits per heavy atom. The molecule has 2 aromatic carbocycles. The largest absolute Gasteiger partial charge is 1.00 e. The number of rotatable bonds is 6. The Morgan fingerprint density at radius 1 is 1.11 bits per heavy atom. The van der Waals surface area contributed by atoms with E-state index in [1.807, 2.05) is 55.9 Å². The van der Waals surface area contributed by atoms with Gasteiger partial charge in [0.15, 0.2) is 0 Å². The molecule has 3 aromatic rings. The number of likely N-dealkylation sites (tertiary alicyclic amines) is 1. The van der Waals surface area contributed by atoms with E-state index >= 15 is 4.39 Å². The number of benzene rings is 2. The van der Waals surface area contributed by atoms with Crippen LogP contribution >= 0.6 is 0 Å². The number of imidazole rings is 1. The van der Waals surface area contributed by atoms with Gasteiger partial charge in [-0.05, 0) is 93.7 Å². The molecule has 11 heteroatoms. The van der Waals surface area contributed by atoms with Crippen LogP contribution in [0.2, 0.25) is 0 Å². The van der Waals surface area contributed by atoms with Gasteiger partial charge in [-0.25, -0.2) is 20.5 Å². The van der Waals surface area contributed by atoms with Crippen LogP contribution in [0, 0.1) is 11.7 Å². The predicted octanol–water partition coefficient (Wildman–Crippen LogP) is 2.46. The molecule has 1 N–H and O–H groups in total. The SMILES string of the molecule is CC(C)(C)OC(=O)N1CCC(Cc2ccc(-c3cc(F)c4c(c3)C(=O)N(C([C-]=O)c3ncn5c3CCC5)C4)cc2)CC1.[Li+].[OH-]. The quantitative estimate of drug-likeness (QED) is 0.320. The van der Waals surface area contributed by atoms with E-state index in [2.05, 4.69) is 4.98 Å². The summed E-state index contributed by atoms with van der Waals surface area (Å²) in [6.07, 6.45) is 7.93. The van der Waals surface area contributed by atoms with E-state index in [4.69, 9.17) is 4.74 Å². The molecule has 1 unspecified atom stereocenters. The van der Waals surface area contributed by atoms with Crippen molar-refractivity contribution in [2.75, 3.05) is 13.1 Å². The zero-order chi connectivity index (χ0) is 29.6. The van der Waals surface area contributed by atoms with E-state index in [0.29, 0.717) is 35.8 Å². The van der Waals surface area contributed by atoms with Crippen molar-refractivity contribution in [1.82, 2.24) is 19.4 Å². The van der Waals surface area contributed by atoms with Crippen molar-refractivity contribution in [3.63, 3.8) is 0 Å². The van der Waals surface area contributed by atoms with Gasteiger partial charge >= 0.3 is 25.0 Å². The summed E-state index contributed by atoms with van der Waals surface area (Å²) in [5.74, 6) is -0.373. The second-order valence-electron chi connectivity index (χ2n) is 12.6. The average molecular weight is 596 g/mol. The normalized spacial score (nSPS) is 17.0. The van der Waals surface area contributed by atoms with Crippen LogP contribution < -0.4 is 18.9 Å². The van der Waals surface area contributed by atoms with Gasteiger partial charge in [0.2, 0.25) is 0 Å². The first kappa shape index (κ1) is 33.4. The second-order valence-corrected chi connectivity index (χ2v) is 12.6. The van der Waals surface area contributed by atoms with E-state index in [1.54, 1.807) is 17.3 Å². The standard InChI is InChI=1S/C33H36FN4O4.Li.H2O/c1-33(2,3)42-32(41)36-13-10-22(11-14-36)15-21-6-8-23(9-7-21)24-16-25-26(27(34)17-24)18-38(31(25)40)29(19-39)30-28-5-4-12-37(28)20-35-30;;/h6-9,16-17,20,22,29H,4-5,10-15,18H2,1-3H3;;1H2/q-1;+1;/p-1. The second kappa shape index (κ2) is 13.3. The summed E-state index contributed by atoms with van der Waals surface area (Å²) in [5.41, 5.74) is 4.18. The molecule has 0 spiro atoms. The summed E-state index contributed by atoms with van der Waals surface area (Å²) >= 11 is 0. The molecule has 1 aromatic heterocycles. The predicted molar refractivity (Wildman–Crippen MR) is 157 cm³/mol. The minimum Gasteiger partial charge on any atom is -0.870 e. The Morgan fingerprint density at radius 2 is 1.82 bits per heavy atom. The Kier molecular flexibility index (Phi) is 10.1. The van der Waals surface area contributed by atoms with Crippen LogP contribution in [0.25, 0.3) is 11.1 Å². The van der Waals surface area contributed by atoms with Gasteiger partial charge in [-0.3, -0.25) is 4.79 Å². The minimum absolute atomic E-state index is 0. The number of nitrogens with zero attached hydrogens (tertiary/aromatic N) is 4. The fourth-order valence-corrected chi connectivity index (χ4v) is 6.37. The fraction of sp³-hybridized carbons (Fsp3) is 0.455. The first-order chi connectivity index (χ1) is 20.1. The number of carbonyl (C=O) groups is 2. The number of aromatic nitrogens is 2. The van der Waals surface area contributed by atoms with E-state index in [-0.39, 0.29) is 48.4 Å². The van der Waals surface area contributed by atoms with Crippen molar-refractivity contribution in [3.8, 4) is 11.1 Å². The van der Waals surface area contributed by atoms with Crippen LogP contribution in [-0.2, 0) is 35.5 Å². The van der Waals surface area contributed by atoms with E-state index < -0.39 is 17.5 Å². The number of piperidine rings is 1. The molecule has 1 fully saturated rings. The number of amides is 2. The molecular formula is C33H37FLiN4O5-. The monoisotopic (exact) mass is 595 g/mol. The number of halogens is 1.